The molecule has 0 radical (unpaired) electrons. The van der Waals surface area contributed by atoms with Crippen molar-refractivity contribution in [3.8, 4) is 40.0 Å². The largest absolute Gasteiger partial charge is 0.497 e. The average Bonchev–Trinajstić information content (AvgIpc) is 3.23. The first-order chi connectivity index (χ1) is 16.7. The molecule has 34 heavy (non-hydrogen) atoms. The van der Waals surface area contributed by atoms with Crippen LogP contribution < -0.4 is 9.47 Å². The van der Waals surface area contributed by atoms with E-state index in [1.54, 1.807) is 37.4 Å². The van der Waals surface area contributed by atoms with Gasteiger partial charge in [-0.15, -0.1) is 0 Å². The van der Waals surface area contributed by atoms with E-state index in [-0.39, 0.29) is 0 Å². The predicted molar refractivity (Wildman–Crippen MR) is 131 cm³/mol. The van der Waals surface area contributed by atoms with Gasteiger partial charge >= 0.3 is 5.97 Å². The summed E-state index contributed by atoms with van der Waals surface area (Å²) < 4.78 is 13.2. The third-order valence-corrected chi connectivity index (χ3v) is 5.66. The van der Waals surface area contributed by atoms with Crippen molar-refractivity contribution >= 4 is 11.5 Å². The highest BCUT2D eigenvalue weighted by atomic mass is 16.5. The molecule has 2 aromatic heterocycles. The van der Waals surface area contributed by atoms with Crippen LogP contribution in [-0.2, 0) is 0 Å². The molecule has 5 rings (SSSR count). The summed E-state index contributed by atoms with van der Waals surface area (Å²) in [6, 6.07) is 32.2. The Morgan fingerprint density at radius 1 is 0.824 bits per heavy atom. The molecule has 3 aromatic carbocycles. The monoisotopic (exact) mass is 444 g/mol. The lowest BCUT2D eigenvalue weighted by Crippen LogP contribution is -2.09. The van der Waals surface area contributed by atoms with E-state index in [4.69, 9.17) is 9.47 Å². The van der Waals surface area contributed by atoms with Crippen LogP contribution >= 0.6 is 0 Å². The molecule has 0 aliphatic carbocycles. The van der Waals surface area contributed by atoms with E-state index in [1.165, 1.54) is 0 Å². The minimum Gasteiger partial charge on any atom is -0.497 e. The Hall–Kier alpha value is -4.82. The maximum absolute atomic E-state index is 13.2. The maximum atomic E-state index is 13.2. The fraction of sp³-hybridized carbons (Fsp3) is 0.0345. The van der Waals surface area contributed by atoms with Gasteiger partial charge in [0, 0.05) is 6.20 Å². The van der Waals surface area contributed by atoms with Gasteiger partial charge < -0.3 is 13.9 Å². The van der Waals surface area contributed by atoms with Crippen molar-refractivity contribution in [2.45, 2.75) is 0 Å². The molecule has 0 aliphatic heterocycles. The Balaban J connectivity index is 1.79. The van der Waals surface area contributed by atoms with Crippen molar-refractivity contribution < 1.29 is 14.3 Å². The minimum absolute atomic E-state index is 0.350. The van der Waals surface area contributed by atoms with Gasteiger partial charge in [-0.2, -0.15) is 5.26 Å². The number of hydrogen-bond donors (Lipinski definition) is 0. The Morgan fingerprint density at radius 3 is 2.09 bits per heavy atom. The summed E-state index contributed by atoms with van der Waals surface area (Å²) >= 11 is 0. The SMILES string of the molecule is COc1ccc(C(=O)Oc2c(-c3ccccc3)c(-c3ccccc3)n3cccc(C#N)c23)cc1. The number of carbonyl (C=O) groups excluding carboxylic acids is 1. The first-order valence-electron chi connectivity index (χ1n) is 10.8. The highest BCUT2D eigenvalue weighted by molar-refractivity contribution is 6.00. The summed E-state index contributed by atoms with van der Waals surface area (Å²) in [5.41, 5.74) is 4.76. The molecule has 0 N–H and O–H groups in total. The zero-order valence-corrected chi connectivity index (χ0v) is 18.4. The Kier molecular flexibility index (Phi) is 5.55. The zero-order valence-electron chi connectivity index (χ0n) is 18.4. The summed E-state index contributed by atoms with van der Waals surface area (Å²) in [6.07, 6.45) is 1.88. The normalized spacial score (nSPS) is 10.6. The van der Waals surface area contributed by atoms with Gasteiger partial charge in [0.25, 0.3) is 0 Å². The van der Waals surface area contributed by atoms with E-state index in [2.05, 4.69) is 6.07 Å². The first kappa shape index (κ1) is 21.0. The van der Waals surface area contributed by atoms with Crippen molar-refractivity contribution in [2.24, 2.45) is 0 Å². The van der Waals surface area contributed by atoms with Gasteiger partial charge in [-0.25, -0.2) is 4.79 Å². The van der Waals surface area contributed by atoms with Crippen molar-refractivity contribution in [2.75, 3.05) is 7.11 Å². The fourth-order valence-electron chi connectivity index (χ4n) is 4.09. The molecular formula is C29H20N2O3. The summed E-state index contributed by atoms with van der Waals surface area (Å²) in [5.74, 6) is 0.483. The molecule has 0 amide bonds. The Bertz CT molecular complexity index is 1510. The second-order valence-corrected chi connectivity index (χ2v) is 7.66. The van der Waals surface area contributed by atoms with Gasteiger partial charge in [0.15, 0.2) is 5.75 Å². The lowest BCUT2D eigenvalue weighted by Gasteiger charge is -2.10. The number of methoxy groups -OCH3 is 1. The number of esters is 1. The number of aromatic nitrogens is 1. The number of ether oxygens (including phenoxy) is 2. The number of benzene rings is 3. The summed E-state index contributed by atoms with van der Waals surface area (Å²) in [5, 5.41) is 9.89. The van der Waals surface area contributed by atoms with Crippen LogP contribution in [0.3, 0.4) is 0 Å². The smallest absolute Gasteiger partial charge is 0.343 e. The van der Waals surface area contributed by atoms with Crippen molar-refractivity contribution in [1.29, 1.82) is 5.26 Å². The van der Waals surface area contributed by atoms with Gasteiger partial charge in [-0.3, -0.25) is 0 Å². The highest BCUT2D eigenvalue weighted by Gasteiger charge is 2.26. The lowest BCUT2D eigenvalue weighted by molar-refractivity contribution is 0.0738. The average molecular weight is 444 g/mol. The molecule has 0 saturated carbocycles. The molecule has 5 aromatic rings. The number of rotatable bonds is 5. The van der Waals surface area contributed by atoms with Crippen molar-refractivity contribution in [3.63, 3.8) is 0 Å². The first-order valence-corrected chi connectivity index (χ1v) is 10.8. The van der Waals surface area contributed by atoms with Gasteiger partial charge in [-0.1, -0.05) is 60.7 Å². The Morgan fingerprint density at radius 2 is 1.47 bits per heavy atom. The summed E-state index contributed by atoms with van der Waals surface area (Å²) in [7, 11) is 1.57. The number of nitriles is 1. The standard InChI is InChI=1S/C29H20N2O3/c1-33-24-16-14-22(15-17-24)29(32)34-28-25(20-9-4-2-5-10-20)26(21-11-6-3-7-12-21)31-18-8-13-23(19-30)27(28)31/h2-18H,1H3. The molecule has 5 nitrogen and oxygen atoms in total. The lowest BCUT2D eigenvalue weighted by atomic mass is 10.0. The highest BCUT2D eigenvalue weighted by Crippen LogP contribution is 2.45. The maximum Gasteiger partial charge on any atom is 0.343 e. The number of nitrogens with zero attached hydrogens (tertiary/aromatic N) is 2. The molecule has 0 bridgehead atoms. The fourth-order valence-corrected chi connectivity index (χ4v) is 4.09. The van der Waals surface area contributed by atoms with Crippen LogP contribution in [0, 0.1) is 11.3 Å². The van der Waals surface area contributed by atoms with Crippen LogP contribution in [0.2, 0.25) is 0 Å². The number of carbonyl (C=O) groups is 1. The summed E-state index contributed by atoms with van der Waals surface area (Å²) in [4.78, 5) is 13.2. The number of pyridine rings is 1. The molecular weight excluding hydrogens is 424 g/mol. The van der Waals surface area contributed by atoms with Crippen molar-refractivity contribution in [1.82, 2.24) is 4.40 Å². The predicted octanol–water partition coefficient (Wildman–Crippen LogP) is 6.37. The van der Waals surface area contributed by atoms with Gasteiger partial charge in [0.2, 0.25) is 0 Å². The molecule has 164 valence electrons. The molecule has 0 saturated heterocycles. The van der Waals surface area contributed by atoms with Crippen LogP contribution in [0.25, 0.3) is 27.9 Å². The Labute approximate surface area is 197 Å². The zero-order chi connectivity index (χ0) is 23.5. The molecule has 0 unspecified atom stereocenters. The quantitative estimate of drug-likeness (QED) is 0.295. The van der Waals surface area contributed by atoms with E-state index in [0.717, 1.165) is 22.4 Å². The van der Waals surface area contributed by atoms with Crippen LogP contribution in [0.15, 0.2) is 103 Å². The molecule has 0 fully saturated rings. The summed E-state index contributed by atoms with van der Waals surface area (Å²) in [6.45, 7) is 0. The van der Waals surface area contributed by atoms with Gasteiger partial charge in [-0.05, 0) is 47.5 Å². The molecule has 0 aliphatic rings. The van der Waals surface area contributed by atoms with Gasteiger partial charge in [0.1, 0.15) is 17.3 Å². The second kappa shape index (κ2) is 8.97. The van der Waals surface area contributed by atoms with Crippen LogP contribution in [-0.4, -0.2) is 17.5 Å². The number of hydrogen-bond acceptors (Lipinski definition) is 4. The molecule has 5 heteroatoms. The molecule has 0 spiro atoms. The van der Waals surface area contributed by atoms with Crippen LogP contribution in [0.4, 0.5) is 0 Å². The van der Waals surface area contributed by atoms with E-state index in [1.807, 2.05) is 77.3 Å². The third kappa shape index (κ3) is 3.68. The van der Waals surface area contributed by atoms with Crippen molar-refractivity contribution in [3.05, 3.63) is 114 Å². The van der Waals surface area contributed by atoms with E-state index in [9.17, 15) is 10.1 Å². The second-order valence-electron chi connectivity index (χ2n) is 7.66. The third-order valence-electron chi connectivity index (χ3n) is 5.66. The van der Waals surface area contributed by atoms with Crippen LogP contribution in [0.5, 0.6) is 11.5 Å². The molecule has 0 atom stereocenters. The van der Waals surface area contributed by atoms with E-state index >= 15 is 0 Å². The van der Waals surface area contributed by atoms with E-state index in [0.29, 0.717) is 28.1 Å². The molecule has 2 heterocycles. The number of fused-ring (bicyclic) bond motifs is 1. The van der Waals surface area contributed by atoms with E-state index < -0.39 is 5.97 Å². The topological polar surface area (TPSA) is 63.7 Å². The minimum atomic E-state index is -0.514. The van der Waals surface area contributed by atoms with Crippen LogP contribution in [0.1, 0.15) is 15.9 Å². The van der Waals surface area contributed by atoms with Gasteiger partial charge in [0.05, 0.1) is 29.5 Å².